The lowest BCUT2D eigenvalue weighted by molar-refractivity contribution is 0.0526. The van der Waals surface area contributed by atoms with Crippen LogP contribution in [0.25, 0.3) is 0 Å². The van der Waals surface area contributed by atoms with Gasteiger partial charge in [0.1, 0.15) is 0 Å². The zero-order chi connectivity index (χ0) is 14.4. The Labute approximate surface area is 126 Å². The SMILES string of the molecule is CCOC(=O)c1ccc(/N=C/c2ccccc2Br)cc1. The predicted octanol–water partition coefficient (Wildman–Crippen LogP) is 4.38. The Bertz CT molecular complexity index is 621. The van der Waals surface area contributed by atoms with Crippen LogP contribution >= 0.6 is 15.9 Å². The molecule has 0 saturated heterocycles. The zero-order valence-corrected chi connectivity index (χ0v) is 12.6. The van der Waals surface area contributed by atoms with E-state index in [0.717, 1.165) is 15.7 Å². The van der Waals surface area contributed by atoms with Gasteiger partial charge in [0.25, 0.3) is 0 Å². The van der Waals surface area contributed by atoms with Crippen molar-refractivity contribution in [2.24, 2.45) is 4.99 Å². The highest BCUT2D eigenvalue weighted by Crippen LogP contribution is 2.17. The summed E-state index contributed by atoms with van der Waals surface area (Å²) in [6.45, 7) is 2.16. The Morgan fingerprint density at radius 1 is 1.20 bits per heavy atom. The van der Waals surface area contributed by atoms with Gasteiger partial charge >= 0.3 is 5.97 Å². The van der Waals surface area contributed by atoms with Crippen LogP contribution in [0.3, 0.4) is 0 Å². The van der Waals surface area contributed by atoms with Gasteiger partial charge in [-0.2, -0.15) is 0 Å². The first-order chi connectivity index (χ1) is 9.70. The number of aliphatic imine (C=N–C) groups is 1. The van der Waals surface area contributed by atoms with Crippen LogP contribution < -0.4 is 0 Å². The molecule has 0 heterocycles. The largest absolute Gasteiger partial charge is 0.462 e. The fourth-order valence-electron chi connectivity index (χ4n) is 1.62. The van der Waals surface area contributed by atoms with E-state index in [1.807, 2.05) is 24.3 Å². The number of carbonyl (C=O) groups is 1. The Morgan fingerprint density at radius 3 is 2.55 bits per heavy atom. The molecule has 0 amide bonds. The normalized spacial score (nSPS) is 10.7. The molecule has 0 aromatic heterocycles. The first-order valence-electron chi connectivity index (χ1n) is 6.26. The molecule has 0 atom stereocenters. The third kappa shape index (κ3) is 3.78. The molecule has 102 valence electrons. The Balaban J connectivity index is 2.11. The van der Waals surface area contributed by atoms with Gasteiger partial charge in [0.15, 0.2) is 0 Å². The molecule has 2 aromatic carbocycles. The van der Waals surface area contributed by atoms with Crippen LogP contribution in [-0.4, -0.2) is 18.8 Å². The van der Waals surface area contributed by atoms with E-state index in [-0.39, 0.29) is 5.97 Å². The summed E-state index contributed by atoms with van der Waals surface area (Å²) in [5.74, 6) is -0.311. The van der Waals surface area contributed by atoms with Gasteiger partial charge in [0.05, 0.1) is 17.9 Å². The Hall–Kier alpha value is -1.94. The number of benzene rings is 2. The van der Waals surface area contributed by atoms with Crippen LogP contribution in [0.4, 0.5) is 5.69 Å². The Kier molecular flexibility index (Phi) is 5.07. The smallest absolute Gasteiger partial charge is 0.338 e. The van der Waals surface area contributed by atoms with E-state index in [4.69, 9.17) is 4.74 Å². The van der Waals surface area contributed by atoms with Crippen LogP contribution in [-0.2, 0) is 4.74 Å². The first-order valence-corrected chi connectivity index (χ1v) is 7.06. The molecule has 0 aliphatic carbocycles. The van der Waals surface area contributed by atoms with Crippen molar-refractivity contribution in [3.05, 3.63) is 64.1 Å². The monoisotopic (exact) mass is 331 g/mol. The molecule has 0 saturated carbocycles. The number of rotatable bonds is 4. The third-order valence-corrected chi connectivity index (χ3v) is 3.36. The summed E-state index contributed by atoms with van der Waals surface area (Å²) >= 11 is 3.47. The van der Waals surface area contributed by atoms with Crippen LogP contribution in [0.5, 0.6) is 0 Å². The number of halogens is 1. The topological polar surface area (TPSA) is 38.7 Å². The first kappa shape index (κ1) is 14.5. The number of carbonyl (C=O) groups excluding carboxylic acids is 1. The molecule has 0 spiro atoms. The molecule has 2 aromatic rings. The van der Waals surface area contributed by atoms with E-state index < -0.39 is 0 Å². The van der Waals surface area contributed by atoms with Gasteiger partial charge in [-0.3, -0.25) is 4.99 Å². The number of hydrogen-bond acceptors (Lipinski definition) is 3. The maximum Gasteiger partial charge on any atom is 0.338 e. The van der Waals surface area contributed by atoms with Gasteiger partial charge in [-0.1, -0.05) is 34.1 Å². The summed E-state index contributed by atoms with van der Waals surface area (Å²) < 4.78 is 5.92. The number of esters is 1. The van der Waals surface area contributed by atoms with Crippen molar-refractivity contribution in [1.82, 2.24) is 0 Å². The summed E-state index contributed by atoms with van der Waals surface area (Å²) in [7, 11) is 0. The number of hydrogen-bond donors (Lipinski definition) is 0. The van der Waals surface area contributed by atoms with Crippen molar-refractivity contribution in [3.8, 4) is 0 Å². The maximum absolute atomic E-state index is 11.5. The summed E-state index contributed by atoms with van der Waals surface area (Å²) in [5.41, 5.74) is 2.32. The minimum Gasteiger partial charge on any atom is -0.462 e. The molecule has 0 unspecified atom stereocenters. The second-order valence-corrected chi connectivity index (χ2v) is 4.90. The van der Waals surface area contributed by atoms with Gasteiger partial charge in [-0.25, -0.2) is 4.79 Å². The maximum atomic E-state index is 11.5. The summed E-state index contributed by atoms with van der Waals surface area (Å²) in [6, 6.07) is 14.9. The highest BCUT2D eigenvalue weighted by molar-refractivity contribution is 9.10. The van der Waals surface area contributed by atoms with Gasteiger partial charge in [0, 0.05) is 16.3 Å². The summed E-state index contributed by atoms with van der Waals surface area (Å²) in [6.07, 6.45) is 1.78. The highest BCUT2D eigenvalue weighted by Gasteiger charge is 2.04. The fraction of sp³-hybridized carbons (Fsp3) is 0.125. The van der Waals surface area contributed by atoms with E-state index in [1.54, 1.807) is 37.4 Å². The van der Waals surface area contributed by atoms with Crippen LogP contribution in [0.15, 0.2) is 58.0 Å². The standard InChI is InChI=1S/C16H14BrNO2/c1-2-20-16(19)12-7-9-14(10-8-12)18-11-13-5-3-4-6-15(13)17/h3-11H,2H2,1H3/b18-11+. The zero-order valence-electron chi connectivity index (χ0n) is 11.0. The predicted molar refractivity (Wildman–Crippen MR) is 83.8 cm³/mol. The molecular weight excluding hydrogens is 318 g/mol. The molecule has 3 nitrogen and oxygen atoms in total. The second kappa shape index (κ2) is 7.01. The molecule has 0 aliphatic rings. The Morgan fingerprint density at radius 2 is 1.90 bits per heavy atom. The lowest BCUT2D eigenvalue weighted by Gasteiger charge is -2.01. The van der Waals surface area contributed by atoms with Crippen LogP contribution in [0.2, 0.25) is 0 Å². The third-order valence-electron chi connectivity index (χ3n) is 2.64. The molecule has 2 rings (SSSR count). The van der Waals surface area contributed by atoms with Crippen molar-refractivity contribution in [2.75, 3.05) is 6.61 Å². The molecule has 0 bridgehead atoms. The van der Waals surface area contributed by atoms with E-state index in [9.17, 15) is 4.79 Å². The highest BCUT2D eigenvalue weighted by atomic mass is 79.9. The van der Waals surface area contributed by atoms with Crippen LogP contribution in [0.1, 0.15) is 22.8 Å². The minimum atomic E-state index is -0.311. The lowest BCUT2D eigenvalue weighted by Crippen LogP contribution is -2.03. The minimum absolute atomic E-state index is 0.311. The van der Waals surface area contributed by atoms with Crippen molar-refractivity contribution in [1.29, 1.82) is 0 Å². The van der Waals surface area contributed by atoms with Crippen LogP contribution in [0, 0.1) is 0 Å². The molecular formula is C16H14BrNO2. The van der Waals surface area contributed by atoms with E-state index in [2.05, 4.69) is 20.9 Å². The summed E-state index contributed by atoms with van der Waals surface area (Å²) in [5, 5.41) is 0. The molecule has 20 heavy (non-hydrogen) atoms. The molecule has 0 N–H and O–H groups in total. The van der Waals surface area contributed by atoms with E-state index >= 15 is 0 Å². The van der Waals surface area contributed by atoms with Crippen molar-refractivity contribution < 1.29 is 9.53 Å². The number of ether oxygens (including phenoxy) is 1. The van der Waals surface area contributed by atoms with Crippen molar-refractivity contribution >= 4 is 33.8 Å². The molecule has 0 fully saturated rings. The molecule has 4 heteroatoms. The van der Waals surface area contributed by atoms with Gasteiger partial charge < -0.3 is 4.74 Å². The van der Waals surface area contributed by atoms with Gasteiger partial charge in [-0.05, 0) is 37.3 Å². The second-order valence-electron chi connectivity index (χ2n) is 4.05. The lowest BCUT2D eigenvalue weighted by atomic mass is 10.2. The molecule has 0 radical (unpaired) electrons. The molecule has 0 aliphatic heterocycles. The number of nitrogens with zero attached hydrogens (tertiary/aromatic N) is 1. The quantitative estimate of drug-likeness (QED) is 0.616. The van der Waals surface area contributed by atoms with Gasteiger partial charge in [0.2, 0.25) is 0 Å². The fourth-order valence-corrected chi connectivity index (χ4v) is 2.01. The van der Waals surface area contributed by atoms with Crippen molar-refractivity contribution in [3.63, 3.8) is 0 Å². The average Bonchev–Trinajstić information content (AvgIpc) is 2.47. The summed E-state index contributed by atoms with van der Waals surface area (Å²) in [4.78, 5) is 15.9. The van der Waals surface area contributed by atoms with Gasteiger partial charge in [-0.15, -0.1) is 0 Å². The average molecular weight is 332 g/mol. The van der Waals surface area contributed by atoms with Crippen molar-refractivity contribution in [2.45, 2.75) is 6.92 Å². The van der Waals surface area contributed by atoms with E-state index in [1.165, 1.54) is 0 Å². The van der Waals surface area contributed by atoms with E-state index in [0.29, 0.717) is 12.2 Å².